The molecule has 2 aliphatic rings. The van der Waals surface area contributed by atoms with Crippen LogP contribution in [0.25, 0.3) is 0 Å². The monoisotopic (exact) mass is 485 g/mol. The van der Waals surface area contributed by atoms with Crippen molar-refractivity contribution in [2.24, 2.45) is 11.7 Å². The summed E-state index contributed by atoms with van der Waals surface area (Å²) < 4.78 is 20.3. The number of carbonyl (C=O) groups is 3. The average molecular weight is 486 g/mol. The molecule has 188 valence electrons. The lowest BCUT2D eigenvalue weighted by Gasteiger charge is -2.38. The van der Waals surface area contributed by atoms with E-state index in [-0.39, 0.29) is 23.3 Å². The topological polar surface area (TPSA) is 113 Å². The maximum atomic E-state index is 14.4. The third-order valence-corrected chi connectivity index (χ3v) is 6.09. The molecule has 8 nitrogen and oxygen atoms in total. The van der Waals surface area contributed by atoms with Crippen molar-refractivity contribution < 1.29 is 28.6 Å². The van der Waals surface area contributed by atoms with Gasteiger partial charge in [0, 0.05) is 39.0 Å². The van der Waals surface area contributed by atoms with Crippen molar-refractivity contribution in [1.29, 1.82) is 0 Å². The lowest BCUT2D eigenvalue weighted by atomic mass is 9.84. The second kappa shape index (κ2) is 12.3. The highest BCUT2D eigenvalue weighted by Gasteiger charge is 2.32. The second-order valence-corrected chi connectivity index (χ2v) is 8.69. The van der Waals surface area contributed by atoms with E-state index in [9.17, 15) is 14.0 Å². The number of ether oxygens (including phenoxy) is 1. The van der Waals surface area contributed by atoms with Crippen molar-refractivity contribution in [1.82, 2.24) is 9.80 Å². The number of hydrogen-bond donors (Lipinski definition) is 2. The molecule has 9 heteroatoms. The van der Waals surface area contributed by atoms with Crippen LogP contribution in [0.2, 0.25) is 0 Å². The van der Waals surface area contributed by atoms with Crippen molar-refractivity contribution in [2.75, 3.05) is 32.7 Å². The van der Waals surface area contributed by atoms with Crippen molar-refractivity contribution in [3.63, 3.8) is 0 Å². The second-order valence-electron chi connectivity index (χ2n) is 8.69. The summed E-state index contributed by atoms with van der Waals surface area (Å²) in [6.07, 6.45) is 3.83. The zero-order valence-corrected chi connectivity index (χ0v) is 19.9. The third-order valence-electron chi connectivity index (χ3n) is 6.09. The van der Waals surface area contributed by atoms with Gasteiger partial charge in [-0.15, -0.1) is 0 Å². The first-order valence-electron chi connectivity index (χ1n) is 11.8. The Kier molecular flexibility index (Phi) is 9.19. The molecule has 2 amide bonds. The molecule has 35 heavy (non-hydrogen) atoms. The van der Waals surface area contributed by atoms with E-state index in [2.05, 4.69) is 0 Å². The van der Waals surface area contributed by atoms with Crippen LogP contribution in [-0.4, -0.2) is 65.4 Å². The van der Waals surface area contributed by atoms with Gasteiger partial charge < -0.3 is 25.4 Å². The average Bonchev–Trinajstić information content (AvgIpc) is 2.80. The van der Waals surface area contributed by atoms with Crippen molar-refractivity contribution in [2.45, 2.75) is 32.6 Å². The zero-order chi connectivity index (χ0) is 25.4. The summed E-state index contributed by atoms with van der Waals surface area (Å²) in [6, 6.07) is 11.7. The van der Waals surface area contributed by atoms with E-state index in [1.54, 1.807) is 4.90 Å². The summed E-state index contributed by atoms with van der Waals surface area (Å²) in [5.41, 5.74) is 6.66. The lowest BCUT2D eigenvalue weighted by molar-refractivity contribution is -0.139. The molecule has 1 aliphatic heterocycles. The van der Waals surface area contributed by atoms with Crippen LogP contribution in [0.1, 0.15) is 42.1 Å². The Morgan fingerprint density at radius 3 is 2.11 bits per heavy atom. The van der Waals surface area contributed by atoms with Gasteiger partial charge in [-0.25, -0.2) is 4.39 Å². The van der Waals surface area contributed by atoms with E-state index in [1.807, 2.05) is 29.2 Å². The van der Waals surface area contributed by atoms with Crippen LogP contribution in [-0.2, 0) is 16.0 Å². The van der Waals surface area contributed by atoms with Crippen molar-refractivity contribution in [3.05, 3.63) is 59.4 Å². The number of nitrogens with zero attached hydrogens (tertiary/aromatic N) is 2. The molecule has 0 atom stereocenters. The van der Waals surface area contributed by atoms with E-state index in [4.69, 9.17) is 20.4 Å². The van der Waals surface area contributed by atoms with Crippen molar-refractivity contribution >= 4 is 17.8 Å². The van der Waals surface area contributed by atoms with Crippen LogP contribution in [0.5, 0.6) is 11.5 Å². The number of carbonyl (C=O) groups excluding carboxylic acids is 2. The van der Waals surface area contributed by atoms with Gasteiger partial charge in [-0.2, -0.15) is 0 Å². The number of rotatable bonds is 6. The first-order chi connectivity index (χ1) is 16.8. The van der Waals surface area contributed by atoms with E-state index in [0.29, 0.717) is 44.2 Å². The molecule has 0 unspecified atom stereocenters. The molecular formula is C26H32FN3O5. The molecule has 1 saturated carbocycles. The number of aliphatic carboxylic acids is 1. The summed E-state index contributed by atoms with van der Waals surface area (Å²) in [6.45, 7) is 3.46. The minimum atomic E-state index is -0.833. The Balaban J connectivity index is 0.000000795. The van der Waals surface area contributed by atoms with Crippen LogP contribution in [0, 0.1) is 11.7 Å². The zero-order valence-electron chi connectivity index (χ0n) is 19.9. The number of halogens is 1. The number of hydrogen-bond acceptors (Lipinski definition) is 5. The molecule has 3 N–H and O–H groups in total. The first kappa shape index (κ1) is 26.2. The largest absolute Gasteiger partial charge is 0.481 e. The van der Waals surface area contributed by atoms with Gasteiger partial charge in [0.1, 0.15) is 17.3 Å². The Morgan fingerprint density at radius 1 is 1.00 bits per heavy atom. The summed E-state index contributed by atoms with van der Waals surface area (Å²) >= 11 is 0. The van der Waals surface area contributed by atoms with E-state index >= 15 is 0 Å². The maximum absolute atomic E-state index is 14.4. The van der Waals surface area contributed by atoms with Crippen LogP contribution < -0.4 is 10.5 Å². The molecule has 0 bridgehead atoms. The fourth-order valence-electron chi connectivity index (χ4n) is 3.97. The molecule has 0 aromatic heterocycles. The molecule has 2 aromatic rings. The minimum Gasteiger partial charge on any atom is -0.481 e. The first-order valence-corrected chi connectivity index (χ1v) is 11.8. The van der Waals surface area contributed by atoms with Crippen molar-refractivity contribution in [3.8, 4) is 11.5 Å². The van der Waals surface area contributed by atoms with Crippen LogP contribution in [0.3, 0.4) is 0 Å². The number of carboxylic acid groups (broad SMARTS) is 1. The molecule has 2 aromatic carbocycles. The molecule has 2 fully saturated rings. The molecule has 1 aliphatic carbocycles. The molecule has 0 radical (unpaired) electrons. The third kappa shape index (κ3) is 7.26. The highest BCUT2D eigenvalue weighted by molar-refractivity contribution is 5.95. The smallest absolute Gasteiger partial charge is 0.300 e. The Bertz CT molecular complexity index is 1030. The number of carboxylic acids is 1. The number of amides is 2. The van der Waals surface area contributed by atoms with Crippen LogP contribution in [0.15, 0.2) is 42.5 Å². The van der Waals surface area contributed by atoms with Gasteiger partial charge in [0.25, 0.3) is 11.9 Å². The molecule has 4 rings (SSSR count). The van der Waals surface area contributed by atoms with Crippen LogP contribution in [0.4, 0.5) is 4.39 Å². The fourth-order valence-corrected chi connectivity index (χ4v) is 3.97. The van der Waals surface area contributed by atoms with Gasteiger partial charge in [0.05, 0.1) is 5.56 Å². The normalized spacial score (nSPS) is 15.5. The Morgan fingerprint density at radius 2 is 1.57 bits per heavy atom. The van der Waals surface area contributed by atoms with Crippen LogP contribution >= 0.6 is 0 Å². The fraction of sp³-hybridized carbons (Fsp3) is 0.423. The number of piperazine rings is 1. The van der Waals surface area contributed by atoms with Gasteiger partial charge >= 0.3 is 0 Å². The standard InChI is InChI=1S/C24H28FN3O3.C2H4O2/c25-22-9-8-20(31-19-6-4-17(5-7-19)10-11-26)16-21(22)24(30)28-14-12-27(13-15-28)23(29)18-2-1-3-18;1-2(3)4/h4-9,16,18H,1-3,10-15,26H2;1H3,(H,3,4). The quantitative estimate of drug-likeness (QED) is 0.649. The summed E-state index contributed by atoms with van der Waals surface area (Å²) in [5, 5.41) is 7.42. The Hall–Kier alpha value is -3.46. The van der Waals surface area contributed by atoms with Gasteiger partial charge in [-0.1, -0.05) is 18.6 Å². The van der Waals surface area contributed by atoms with E-state index in [0.717, 1.165) is 38.2 Å². The molecular weight excluding hydrogens is 453 g/mol. The van der Waals surface area contributed by atoms with Gasteiger partial charge in [0.2, 0.25) is 5.91 Å². The molecule has 0 spiro atoms. The predicted octanol–water partition coefficient (Wildman–Crippen LogP) is 3.29. The summed E-state index contributed by atoms with van der Waals surface area (Å²) in [5.74, 6) is -0.445. The predicted molar refractivity (Wildman–Crippen MR) is 129 cm³/mol. The molecule has 1 saturated heterocycles. The Labute approximate surface area is 204 Å². The number of nitrogens with two attached hydrogens (primary N) is 1. The molecule has 1 heterocycles. The lowest BCUT2D eigenvalue weighted by Crippen LogP contribution is -2.52. The summed E-state index contributed by atoms with van der Waals surface area (Å²) in [7, 11) is 0. The van der Waals surface area contributed by atoms with Gasteiger partial charge in [-0.3, -0.25) is 14.4 Å². The minimum absolute atomic E-state index is 0.0176. The number of benzene rings is 2. The SMILES string of the molecule is CC(=O)O.NCCc1ccc(Oc2ccc(F)c(C(=O)N3CCN(C(=O)C4CCC4)CC3)c2)cc1. The highest BCUT2D eigenvalue weighted by Crippen LogP contribution is 2.29. The maximum Gasteiger partial charge on any atom is 0.300 e. The van der Waals surface area contributed by atoms with Gasteiger partial charge in [-0.05, 0) is 61.7 Å². The van der Waals surface area contributed by atoms with E-state index in [1.165, 1.54) is 18.2 Å². The van der Waals surface area contributed by atoms with Gasteiger partial charge in [0.15, 0.2) is 0 Å². The highest BCUT2D eigenvalue weighted by atomic mass is 19.1. The summed E-state index contributed by atoms with van der Waals surface area (Å²) in [4.78, 5) is 37.8. The van der Waals surface area contributed by atoms with E-state index < -0.39 is 11.8 Å².